The first-order valence-electron chi connectivity index (χ1n) is 6.30. The molecule has 1 aromatic carbocycles. The molecule has 0 saturated carbocycles. The fourth-order valence-electron chi connectivity index (χ4n) is 1.89. The molecule has 1 unspecified atom stereocenters. The zero-order valence-electron chi connectivity index (χ0n) is 11.3. The number of carbonyl (C=O) groups is 1. The van der Waals surface area contributed by atoms with Crippen molar-refractivity contribution in [3.05, 3.63) is 48.3 Å². The number of nitrogens with two attached hydrogens (primary N) is 1. The van der Waals surface area contributed by atoms with Gasteiger partial charge in [-0.3, -0.25) is 4.79 Å². The Balaban J connectivity index is 0.00000200. The van der Waals surface area contributed by atoms with Crippen molar-refractivity contribution < 1.29 is 4.79 Å². The van der Waals surface area contributed by atoms with E-state index in [4.69, 9.17) is 5.73 Å². The minimum absolute atomic E-state index is 0. The van der Waals surface area contributed by atoms with Crippen LogP contribution in [0.4, 0.5) is 0 Å². The predicted octanol–water partition coefficient (Wildman–Crippen LogP) is 1.82. The summed E-state index contributed by atoms with van der Waals surface area (Å²) in [7, 11) is 0. The molecule has 0 aliphatic carbocycles. The number of benzene rings is 1. The lowest BCUT2D eigenvalue weighted by atomic mass is 10.1. The van der Waals surface area contributed by atoms with Gasteiger partial charge >= 0.3 is 0 Å². The Bertz CT molecular complexity index is 542. The number of nitrogens with zero attached hydrogens (tertiary/aromatic N) is 2. The van der Waals surface area contributed by atoms with Crippen molar-refractivity contribution in [3.63, 3.8) is 0 Å². The molecule has 0 fully saturated rings. The molecule has 5 nitrogen and oxygen atoms in total. The van der Waals surface area contributed by atoms with Gasteiger partial charge in [-0.05, 0) is 30.7 Å². The maximum atomic E-state index is 11.5. The number of halogens is 1. The summed E-state index contributed by atoms with van der Waals surface area (Å²) in [5.74, 6) is -0.0282. The largest absolute Gasteiger partial charge is 0.350 e. The number of carbonyl (C=O) groups excluding carboxylic acids is 1. The van der Waals surface area contributed by atoms with E-state index >= 15 is 0 Å². The van der Waals surface area contributed by atoms with Gasteiger partial charge in [-0.15, -0.1) is 12.4 Å². The second-order valence-corrected chi connectivity index (χ2v) is 4.37. The summed E-state index contributed by atoms with van der Waals surface area (Å²) in [6, 6.07) is 9.76. The monoisotopic (exact) mass is 294 g/mol. The highest BCUT2D eigenvalue weighted by atomic mass is 35.5. The number of aromatic nitrogens is 2. The van der Waals surface area contributed by atoms with Crippen molar-refractivity contribution in [2.24, 2.45) is 5.73 Å². The molecule has 1 atom stereocenters. The van der Waals surface area contributed by atoms with Crippen LogP contribution in [0.25, 0.3) is 5.69 Å². The third-order valence-electron chi connectivity index (χ3n) is 2.89. The van der Waals surface area contributed by atoms with Crippen LogP contribution in [0.1, 0.15) is 24.9 Å². The van der Waals surface area contributed by atoms with E-state index in [1.807, 2.05) is 43.5 Å². The van der Waals surface area contributed by atoms with E-state index in [-0.39, 0.29) is 24.4 Å². The van der Waals surface area contributed by atoms with Crippen LogP contribution in [0.5, 0.6) is 0 Å². The van der Waals surface area contributed by atoms with E-state index in [2.05, 4.69) is 10.4 Å². The van der Waals surface area contributed by atoms with Crippen LogP contribution in [0, 0.1) is 0 Å². The lowest BCUT2D eigenvalue weighted by molar-refractivity contribution is -0.121. The number of rotatable bonds is 5. The molecule has 0 radical (unpaired) electrons. The van der Waals surface area contributed by atoms with E-state index in [0.29, 0.717) is 13.0 Å². The van der Waals surface area contributed by atoms with Gasteiger partial charge in [0, 0.05) is 25.4 Å². The van der Waals surface area contributed by atoms with Crippen LogP contribution in [0.2, 0.25) is 0 Å². The Labute approximate surface area is 124 Å². The summed E-state index contributed by atoms with van der Waals surface area (Å²) >= 11 is 0. The molecule has 0 bridgehead atoms. The Morgan fingerprint density at radius 1 is 1.45 bits per heavy atom. The van der Waals surface area contributed by atoms with Crippen molar-refractivity contribution in [2.75, 3.05) is 6.54 Å². The van der Waals surface area contributed by atoms with Gasteiger partial charge in [0.2, 0.25) is 5.91 Å². The van der Waals surface area contributed by atoms with Crippen molar-refractivity contribution in [3.8, 4) is 5.69 Å². The zero-order chi connectivity index (χ0) is 13.7. The quantitative estimate of drug-likeness (QED) is 0.883. The van der Waals surface area contributed by atoms with Crippen LogP contribution >= 0.6 is 12.4 Å². The molecule has 2 aromatic rings. The molecule has 108 valence electrons. The lowest BCUT2D eigenvalue weighted by Gasteiger charge is -2.15. The maximum Gasteiger partial charge on any atom is 0.221 e. The van der Waals surface area contributed by atoms with Crippen LogP contribution < -0.4 is 11.1 Å². The normalized spacial score (nSPS) is 11.5. The van der Waals surface area contributed by atoms with E-state index in [1.165, 1.54) is 0 Å². The van der Waals surface area contributed by atoms with Gasteiger partial charge in [-0.1, -0.05) is 12.1 Å². The topological polar surface area (TPSA) is 72.9 Å². The molecule has 6 heteroatoms. The van der Waals surface area contributed by atoms with Gasteiger partial charge in [0.1, 0.15) is 0 Å². The number of amides is 1. The summed E-state index contributed by atoms with van der Waals surface area (Å²) in [6.07, 6.45) is 3.97. The summed E-state index contributed by atoms with van der Waals surface area (Å²) in [5.41, 5.74) is 7.37. The summed E-state index contributed by atoms with van der Waals surface area (Å²) in [4.78, 5) is 11.5. The molecule has 0 spiro atoms. The fraction of sp³-hybridized carbons (Fsp3) is 0.286. The van der Waals surface area contributed by atoms with Crippen LogP contribution in [-0.4, -0.2) is 22.2 Å². The van der Waals surface area contributed by atoms with Crippen LogP contribution in [0.15, 0.2) is 42.7 Å². The Hall–Kier alpha value is -1.85. The third kappa shape index (κ3) is 4.08. The molecule has 1 aromatic heterocycles. The molecular formula is C14H19ClN4O. The summed E-state index contributed by atoms with van der Waals surface area (Å²) < 4.78 is 1.79. The first-order valence-corrected chi connectivity index (χ1v) is 6.30. The maximum absolute atomic E-state index is 11.5. The summed E-state index contributed by atoms with van der Waals surface area (Å²) in [6.45, 7) is 2.32. The van der Waals surface area contributed by atoms with E-state index in [1.54, 1.807) is 10.9 Å². The smallest absolute Gasteiger partial charge is 0.221 e. The average molecular weight is 295 g/mol. The fourth-order valence-corrected chi connectivity index (χ4v) is 1.89. The third-order valence-corrected chi connectivity index (χ3v) is 2.89. The highest BCUT2D eigenvalue weighted by Crippen LogP contribution is 2.16. The Morgan fingerprint density at radius 2 is 2.25 bits per heavy atom. The van der Waals surface area contributed by atoms with Crippen LogP contribution in [-0.2, 0) is 4.79 Å². The first kappa shape index (κ1) is 16.2. The lowest BCUT2D eigenvalue weighted by Crippen LogP contribution is -2.28. The van der Waals surface area contributed by atoms with Crippen LogP contribution in [0.3, 0.4) is 0 Å². The van der Waals surface area contributed by atoms with Gasteiger partial charge in [0.05, 0.1) is 11.7 Å². The van der Waals surface area contributed by atoms with Gasteiger partial charge < -0.3 is 11.1 Å². The average Bonchev–Trinajstić information content (AvgIpc) is 2.93. The molecule has 0 aliphatic heterocycles. The highest BCUT2D eigenvalue weighted by Gasteiger charge is 2.09. The van der Waals surface area contributed by atoms with Gasteiger partial charge in [-0.2, -0.15) is 5.10 Å². The minimum Gasteiger partial charge on any atom is -0.350 e. The molecular weight excluding hydrogens is 276 g/mol. The SMILES string of the molecule is CC(NC(=O)CCN)c1cccc(-n2cccn2)c1.Cl. The zero-order valence-corrected chi connectivity index (χ0v) is 12.1. The Morgan fingerprint density at radius 3 is 2.90 bits per heavy atom. The van der Waals surface area contributed by atoms with Crippen molar-refractivity contribution in [2.45, 2.75) is 19.4 Å². The summed E-state index contributed by atoms with van der Waals surface area (Å²) in [5, 5.41) is 7.11. The van der Waals surface area contributed by atoms with Crippen molar-refractivity contribution >= 4 is 18.3 Å². The standard InChI is InChI=1S/C14H18N4O.ClH/c1-11(17-14(19)6-7-15)12-4-2-5-13(10-12)18-9-3-8-16-18;/h2-5,8-11H,6-7,15H2,1H3,(H,17,19);1H. The first-order chi connectivity index (χ1) is 9.20. The molecule has 1 heterocycles. The number of hydrogen-bond donors (Lipinski definition) is 2. The minimum atomic E-state index is -0.0467. The molecule has 20 heavy (non-hydrogen) atoms. The van der Waals surface area contributed by atoms with Gasteiger partial charge in [0.25, 0.3) is 0 Å². The van der Waals surface area contributed by atoms with Crippen molar-refractivity contribution in [1.29, 1.82) is 0 Å². The van der Waals surface area contributed by atoms with Gasteiger partial charge in [0.15, 0.2) is 0 Å². The number of hydrogen-bond acceptors (Lipinski definition) is 3. The Kier molecular flexibility index (Phi) is 6.21. The molecule has 0 aliphatic rings. The molecule has 0 saturated heterocycles. The molecule has 2 rings (SSSR count). The van der Waals surface area contributed by atoms with E-state index in [9.17, 15) is 4.79 Å². The second kappa shape index (κ2) is 7.67. The highest BCUT2D eigenvalue weighted by molar-refractivity contribution is 5.85. The van der Waals surface area contributed by atoms with Gasteiger partial charge in [-0.25, -0.2) is 4.68 Å². The van der Waals surface area contributed by atoms with E-state index in [0.717, 1.165) is 11.3 Å². The second-order valence-electron chi connectivity index (χ2n) is 4.37. The predicted molar refractivity (Wildman–Crippen MR) is 81.0 cm³/mol. The molecule has 3 N–H and O–H groups in total. The van der Waals surface area contributed by atoms with E-state index < -0.39 is 0 Å². The van der Waals surface area contributed by atoms with Crippen molar-refractivity contribution in [1.82, 2.24) is 15.1 Å². The number of nitrogens with one attached hydrogen (secondary N) is 1. The molecule has 1 amide bonds.